The van der Waals surface area contributed by atoms with Crippen molar-refractivity contribution in [3.63, 3.8) is 0 Å². The quantitative estimate of drug-likeness (QED) is 0.0222. The Balaban J connectivity index is 5.24. The van der Waals surface area contributed by atoms with Crippen LogP contribution >= 0.6 is 15.6 Å². The summed E-state index contributed by atoms with van der Waals surface area (Å²) in [5.41, 5.74) is 0. The second-order valence-corrected chi connectivity index (χ2v) is 33.1. The molecule has 0 saturated carbocycles. The first-order valence-electron chi connectivity index (χ1n) is 42.5. The van der Waals surface area contributed by atoms with E-state index < -0.39 is 97.5 Å². The molecule has 0 bridgehead atoms. The maximum atomic E-state index is 13.1. The predicted molar refractivity (Wildman–Crippen MR) is 414 cm³/mol. The average molecular weight is 1480 g/mol. The fraction of sp³-hybridized carbons (Fsp3) is 0.951. The van der Waals surface area contributed by atoms with Crippen molar-refractivity contribution >= 4 is 39.5 Å². The van der Waals surface area contributed by atoms with Crippen molar-refractivity contribution in [2.45, 2.75) is 452 Å². The van der Waals surface area contributed by atoms with E-state index in [-0.39, 0.29) is 25.7 Å². The highest BCUT2D eigenvalue weighted by Crippen LogP contribution is 2.45. The average Bonchev–Trinajstić information content (AvgIpc) is 0.961. The summed E-state index contributed by atoms with van der Waals surface area (Å²) in [6.07, 6.45) is 63.7. The van der Waals surface area contributed by atoms with Gasteiger partial charge in [-0.05, 0) is 37.5 Å². The third-order valence-corrected chi connectivity index (χ3v) is 21.5. The molecule has 0 heterocycles. The van der Waals surface area contributed by atoms with Crippen molar-refractivity contribution in [1.29, 1.82) is 0 Å². The minimum atomic E-state index is -4.96. The van der Waals surface area contributed by atoms with E-state index in [2.05, 4.69) is 41.5 Å². The maximum absolute atomic E-state index is 13.1. The van der Waals surface area contributed by atoms with Crippen molar-refractivity contribution in [3.8, 4) is 0 Å². The van der Waals surface area contributed by atoms with Gasteiger partial charge in [0.1, 0.15) is 19.3 Å². The highest BCUT2D eigenvalue weighted by molar-refractivity contribution is 7.47. The first kappa shape index (κ1) is 99.1. The highest BCUT2D eigenvalue weighted by Gasteiger charge is 2.30. The van der Waals surface area contributed by atoms with Crippen LogP contribution in [-0.2, 0) is 65.4 Å². The Bertz CT molecular complexity index is 1940. The Morgan fingerprint density at radius 1 is 0.287 bits per heavy atom. The van der Waals surface area contributed by atoms with E-state index in [0.29, 0.717) is 25.7 Å². The molecule has 0 aromatic heterocycles. The Kier molecular flexibility index (Phi) is 72.2. The molecular formula is C82H160O17P2. The predicted octanol–water partition coefficient (Wildman–Crippen LogP) is 24.7. The van der Waals surface area contributed by atoms with Gasteiger partial charge in [-0.25, -0.2) is 9.13 Å². The zero-order valence-corrected chi connectivity index (χ0v) is 68.0. The number of hydrogen-bond acceptors (Lipinski definition) is 15. The molecule has 0 spiro atoms. The van der Waals surface area contributed by atoms with Gasteiger partial charge in [0.25, 0.3) is 0 Å². The Labute approximate surface area is 619 Å². The van der Waals surface area contributed by atoms with E-state index in [0.717, 1.165) is 102 Å². The Morgan fingerprint density at radius 3 is 0.752 bits per heavy atom. The van der Waals surface area contributed by atoms with Crippen LogP contribution in [0.3, 0.4) is 0 Å². The number of phosphoric acid groups is 2. The van der Waals surface area contributed by atoms with Gasteiger partial charge in [-0.15, -0.1) is 0 Å². The molecule has 0 saturated heterocycles. The lowest BCUT2D eigenvalue weighted by molar-refractivity contribution is -0.161. The Hall–Kier alpha value is -1.94. The lowest BCUT2D eigenvalue weighted by Gasteiger charge is -2.21. The molecule has 0 rings (SSSR count). The molecule has 3 N–H and O–H groups in total. The van der Waals surface area contributed by atoms with Gasteiger partial charge in [-0.1, -0.05) is 382 Å². The minimum Gasteiger partial charge on any atom is -0.462 e. The van der Waals surface area contributed by atoms with Crippen LogP contribution in [0.2, 0.25) is 0 Å². The number of aliphatic hydroxyl groups excluding tert-OH is 1. The molecule has 0 aliphatic heterocycles. The molecule has 3 unspecified atom stereocenters. The third kappa shape index (κ3) is 74.7. The molecule has 0 amide bonds. The van der Waals surface area contributed by atoms with E-state index in [9.17, 15) is 43.2 Å². The summed E-state index contributed by atoms with van der Waals surface area (Å²) in [6, 6.07) is 0. The summed E-state index contributed by atoms with van der Waals surface area (Å²) in [7, 11) is -9.92. The fourth-order valence-electron chi connectivity index (χ4n) is 12.7. The molecule has 17 nitrogen and oxygen atoms in total. The highest BCUT2D eigenvalue weighted by atomic mass is 31.2. The summed E-state index contributed by atoms with van der Waals surface area (Å²) in [5.74, 6) is -0.520. The fourth-order valence-corrected chi connectivity index (χ4v) is 14.3. The molecule has 101 heavy (non-hydrogen) atoms. The van der Waals surface area contributed by atoms with Crippen LogP contribution in [0.25, 0.3) is 0 Å². The number of carbonyl (C=O) groups excluding carboxylic acids is 4. The first-order valence-corrected chi connectivity index (χ1v) is 45.5. The van der Waals surface area contributed by atoms with Gasteiger partial charge in [0.2, 0.25) is 0 Å². The summed E-state index contributed by atoms with van der Waals surface area (Å²) in [5, 5.41) is 10.6. The molecule has 0 aliphatic rings. The van der Waals surface area contributed by atoms with Gasteiger partial charge in [-0.3, -0.25) is 37.3 Å². The molecule has 6 atom stereocenters. The number of hydrogen-bond donors (Lipinski definition) is 3. The SMILES string of the molecule is CCCCCCCCCCCCCCCCCCCCCC(=O)O[C@H](COC(=O)CCCCCCCCCCCCCCCCC(C)CC)COP(=O)(O)OC[C@@H](O)COP(=O)(O)OC[C@@H](COC(=O)CCCCCCCCCCCCCC)OC(=O)CCCCCCCCCCCC(C)C. The van der Waals surface area contributed by atoms with Gasteiger partial charge in [0.15, 0.2) is 12.2 Å². The number of unbranched alkanes of at least 4 members (excludes halogenated alkanes) is 50. The van der Waals surface area contributed by atoms with Crippen LogP contribution in [0.4, 0.5) is 0 Å². The molecule has 0 aromatic rings. The van der Waals surface area contributed by atoms with Gasteiger partial charge in [0.05, 0.1) is 26.4 Å². The lowest BCUT2D eigenvalue weighted by atomic mass is 9.99. The molecule has 19 heteroatoms. The molecule has 0 fully saturated rings. The topological polar surface area (TPSA) is 237 Å². The van der Waals surface area contributed by atoms with Crippen LogP contribution in [0.5, 0.6) is 0 Å². The number of ether oxygens (including phenoxy) is 4. The summed E-state index contributed by atoms with van der Waals surface area (Å²) >= 11 is 0. The lowest BCUT2D eigenvalue weighted by Crippen LogP contribution is -2.30. The summed E-state index contributed by atoms with van der Waals surface area (Å²) in [6.45, 7) is 9.68. The zero-order chi connectivity index (χ0) is 74.2. The Morgan fingerprint density at radius 2 is 0.505 bits per heavy atom. The second kappa shape index (κ2) is 73.6. The smallest absolute Gasteiger partial charge is 0.462 e. The number of esters is 4. The standard InChI is InChI=1S/C82H160O17P2/c1-7-10-12-14-16-18-20-22-23-24-25-26-27-32-36-42-48-54-60-66-81(86)98-77(70-93-80(85)65-59-53-47-41-35-31-29-28-30-33-39-45-51-57-63-75(6)9-3)72-96-100(88,89)94-68-76(83)69-95-101(90,91)97-73-78(99-82(87)67-61-55-49-43-37-38-44-50-56-62-74(4)5)71-92-79(84)64-58-52-46-40-34-21-19-17-15-13-11-8-2/h74-78,83H,7-73H2,1-6H3,(H,88,89)(H,90,91)/t75?,76-,77-,78-/m1/s1. The van der Waals surface area contributed by atoms with Gasteiger partial charge < -0.3 is 33.8 Å². The van der Waals surface area contributed by atoms with Crippen molar-refractivity contribution in [2.24, 2.45) is 11.8 Å². The summed E-state index contributed by atoms with van der Waals surface area (Å²) in [4.78, 5) is 73.1. The van der Waals surface area contributed by atoms with Crippen molar-refractivity contribution in [3.05, 3.63) is 0 Å². The molecule has 0 aromatic carbocycles. The van der Waals surface area contributed by atoms with Crippen molar-refractivity contribution in [2.75, 3.05) is 39.6 Å². The van der Waals surface area contributed by atoms with Crippen LogP contribution < -0.4 is 0 Å². The maximum Gasteiger partial charge on any atom is 0.472 e. The van der Waals surface area contributed by atoms with Gasteiger partial charge in [0, 0.05) is 25.7 Å². The zero-order valence-electron chi connectivity index (χ0n) is 66.2. The number of carbonyl (C=O) groups is 4. The van der Waals surface area contributed by atoms with Crippen molar-refractivity contribution < 1.29 is 80.2 Å². The summed E-state index contributed by atoms with van der Waals surface area (Å²) < 4.78 is 68.8. The van der Waals surface area contributed by atoms with E-state index in [4.69, 9.17) is 37.0 Å². The van der Waals surface area contributed by atoms with Crippen LogP contribution in [-0.4, -0.2) is 96.7 Å². The number of rotatable bonds is 81. The first-order chi connectivity index (χ1) is 48.9. The van der Waals surface area contributed by atoms with Gasteiger partial charge >= 0.3 is 39.5 Å². The second-order valence-electron chi connectivity index (χ2n) is 30.2. The minimum absolute atomic E-state index is 0.106. The molecule has 0 aliphatic carbocycles. The van der Waals surface area contributed by atoms with Crippen molar-refractivity contribution in [1.82, 2.24) is 0 Å². The number of aliphatic hydroxyl groups is 1. The monoisotopic (exact) mass is 1480 g/mol. The molecule has 600 valence electrons. The van der Waals surface area contributed by atoms with E-state index in [1.165, 1.54) is 250 Å². The molecule has 0 radical (unpaired) electrons. The third-order valence-electron chi connectivity index (χ3n) is 19.6. The normalized spacial score (nSPS) is 14.2. The van der Waals surface area contributed by atoms with Crippen LogP contribution in [0.1, 0.15) is 433 Å². The van der Waals surface area contributed by atoms with Crippen LogP contribution in [0, 0.1) is 11.8 Å². The molecular weight excluding hydrogens is 1320 g/mol. The largest absolute Gasteiger partial charge is 0.472 e. The van der Waals surface area contributed by atoms with E-state index in [1.807, 2.05) is 0 Å². The number of phosphoric ester groups is 2. The van der Waals surface area contributed by atoms with E-state index in [1.54, 1.807) is 0 Å². The van der Waals surface area contributed by atoms with Gasteiger partial charge in [-0.2, -0.15) is 0 Å². The van der Waals surface area contributed by atoms with Crippen LogP contribution in [0.15, 0.2) is 0 Å². The van der Waals surface area contributed by atoms with E-state index >= 15 is 0 Å².